The number of H-pyrrole nitrogens is 1. The van der Waals surface area contributed by atoms with Crippen LogP contribution in [0.3, 0.4) is 0 Å². The lowest BCUT2D eigenvalue weighted by Gasteiger charge is -2.46. The van der Waals surface area contributed by atoms with Gasteiger partial charge in [0.25, 0.3) is 0 Å². The summed E-state index contributed by atoms with van der Waals surface area (Å²) in [4.78, 5) is 67.1. The van der Waals surface area contributed by atoms with Crippen molar-refractivity contribution in [2.24, 2.45) is 11.7 Å². The number of carbonyl (C=O) groups excluding carboxylic acids is 4. The summed E-state index contributed by atoms with van der Waals surface area (Å²) in [6.07, 6.45) is -0.838. The first-order valence-electron chi connectivity index (χ1n) is 19.9. The number of morpholine rings is 1. The number of imidazole rings is 1. The summed E-state index contributed by atoms with van der Waals surface area (Å²) in [5.41, 5.74) is 8.61. The number of cyclic esters (lactones) is 1. The molecule has 0 aliphatic carbocycles. The first-order chi connectivity index (χ1) is 29.8. The van der Waals surface area contributed by atoms with Crippen LogP contribution in [0.1, 0.15) is 51.8 Å². The molecule has 306 valence electrons. The molecule has 7 N–H and O–H groups in total. The molecule has 0 saturated carbocycles. The highest BCUT2D eigenvalue weighted by Gasteiger charge is 2.74. The summed E-state index contributed by atoms with van der Waals surface area (Å²) in [6, 6.07) is 35.3. The van der Waals surface area contributed by atoms with Gasteiger partial charge in [-0.15, -0.1) is 0 Å². The fourth-order valence-electron chi connectivity index (χ4n) is 9.23. The number of rotatable bonds is 10. The molecule has 3 aliphatic rings. The summed E-state index contributed by atoms with van der Waals surface area (Å²) >= 11 is 0. The van der Waals surface area contributed by atoms with E-state index in [1.54, 1.807) is 30.3 Å². The van der Waals surface area contributed by atoms with Gasteiger partial charge in [0.05, 0.1) is 48.7 Å². The predicted octanol–water partition coefficient (Wildman–Crippen LogP) is 4.54. The van der Waals surface area contributed by atoms with Gasteiger partial charge in [0, 0.05) is 11.3 Å². The number of aliphatic hydroxyl groups is 1. The van der Waals surface area contributed by atoms with Crippen LogP contribution in [0.25, 0.3) is 11.0 Å². The Bertz CT molecular complexity index is 2660. The maximum atomic E-state index is 15.4. The highest BCUT2D eigenvalue weighted by molar-refractivity contribution is 6.12. The Labute approximate surface area is 350 Å². The standard InChI is InChI=1S/C47H41N7O7/c48-46(59)49-23-9-10-28-17-22-34-33(26-28)47(45(58)53-34)38(43(56)50-27-37-51-35-15-7-8-16-36(35)52-37)40-44(57)61-41(30-13-5-2-6-14-30)39(29-11-3-1-4-12-29)54(40)42(47)31-18-20-32(21-19-31)60-25-24-55/h1-8,11-22,26,38-42,55H,23-25,27H2,(H,50,56)(H,51,52)(H,53,58)(H3,48,49,59)/t38-,39-,40-,41+,42+,47-/m0/s1. The Morgan fingerprint density at radius 3 is 2.31 bits per heavy atom. The number of anilines is 1. The van der Waals surface area contributed by atoms with Crippen molar-refractivity contribution in [3.8, 4) is 17.6 Å². The average molecular weight is 816 g/mol. The van der Waals surface area contributed by atoms with Crippen molar-refractivity contribution < 1.29 is 33.8 Å². The Hall–Kier alpha value is -7.47. The molecule has 4 heterocycles. The molecule has 6 atom stereocenters. The van der Waals surface area contributed by atoms with Crippen molar-refractivity contribution in [2.75, 3.05) is 25.1 Å². The van der Waals surface area contributed by atoms with Crippen LogP contribution in [0.4, 0.5) is 10.5 Å². The van der Waals surface area contributed by atoms with E-state index in [4.69, 9.17) is 15.2 Å². The van der Waals surface area contributed by atoms with Crippen LogP contribution in [-0.4, -0.2) is 69.6 Å². The Morgan fingerprint density at radius 1 is 0.869 bits per heavy atom. The lowest BCUT2D eigenvalue weighted by atomic mass is 9.65. The van der Waals surface area contributed by atoms with Crippen LogP contribution < -0.4 is 26.4 Å². The van der Waals surface area contributed by atoms with Crippen LogP contribution in [0.5, 0.6) is 5.75 Å². The van der Waals surface area contributed by atoms with Crippen LogP contribution in [-0.2, 0) is 31.1 Å². The molecule has 1 spiro atoms. The molecule has 5 aromatic carbocycles. The molecule has 9 rings (SSSR count). The number of aliphatic hydroxyl groups excluding tert-OH is 1. The molecule has 0 radical (unpaired) electrons. The van der Waals surface area contributed by atoms with Gasteiger partial charge in [-0.2, -0.15) is 0 Å². The number of primary amides is 1. The number of aromatic nitrogens is 2. The van der Waals surface area contributed by atoms with Crippen molar-refractivity contribution in [1.29, 1.82) is 0 Å². The minimum Gasteiger partial charge on any atom is -0.491 e. The Kier molecular flexibility index (Phi) is 10.4. The molecular formula is C47H41N7O7. The number of para-hydroxylation sites is 2. The number of benzene rings is 5. The number of aromatic amines is 1. The lowest BCUT2D eigenvalue weighted by Crippen LogP contribution is -2.54. The molecule has 14 heteroatoms. The number of nitrogens with two attached hydrogens (primary N) is 1. The smallest absolute Gasteiger partial charge is 0.324 e. The summed E-state index contributed by atoms with van der Waals surface area (Å²) < 4.78 is 12.2. The first kappa shape index (κ1) is 39.0. The molecule has 1 aromatic heterocycles. The maximum Gasteiger partial charge on any atom is 0.324 e. The molecule has 4 amide bonds. The summed E-state index contributed by atoms with van der Waals surface area (Å²) in [5.74, 6) is 3.87. The minimum atomic E-state index is -1.76. The van der Waals surface area contributed by atoms with Crippen molar-refractivity contribution in [3.05, 3.63) is 161 Å². The monoisotopic (exact) mass is 815 g/mol. The van der Waals surface area contributed by atoms with Gasteiger partial charge in [-0.05, 0) is 64.7 Å². The van der Waals surface area contributed by atoms with Gasteiger partial charge in [0.2, 0.25) is 11.8 Å². The minimum absolute atomic E-state index is 0.0176. The third-order valence-corrected chi connectivity index (χ3v) is 11.6. The van der Waals surface area contributed by atoms with E-state index in [1.807, 2.05) is 102 Å². The summed E-state index contributed by atoms with van der Waals surface area (Å²) in [6.45, 7) is -0.152. The second-order valence-electron chi connectivity index (χ2n) is 15.1. The number of esters is 1. The SMILES string of the molecule is NC(=O)NCC#Cc1ccc2c(c1)[C@]1(C(=O)N2)[C@H](C(=O)NCc2nc3ccccc3[nH]2)[C@H]2C(=O)O[C@H](c3ccccc3)[C@H](c3ccccc3)N2[C@@H]1c1ccc(OCCO)cc1. The van der Waals surface area contributed by atoms with E-state index in [1.165, 1.54) is 0 Å². The van der Waals surface area contributed by atoms with E-state index in [2.05, 4.69) is 37.8 Å². The van der Waals surface area contributed by atoms with Crippen molar-refractivity contribution in [2.45, 2.75) is 36.2 Å². The topological polar surface area (TPSA) is 201 Å². The molecule has 14 nitrogen and oxygen atoms in total. The Morgan fingerprint density at radius 2 is 1.59 bits per heavy atom. The second kappa shape index (κ2) is 16.3. The largest absolute Gasteiger partial charge is 0.491 e. The van der Waals surface area contributed by atoms with Crippen LogP contribution in [0, 0.1) is 17.8 Å². The highest BCUT2D eigenvalue weighted by atomic mass is 16.6. The maximum absolute atomic E-state index is 15.4. The number of hydrogen-bond donors (Lipinski definition) is 6. The molecular weight excluding hydrogens is 775 g/mol. The van der Waals surface area contributed by atoms with E-state index in [9.17, 15) is 9.90 Å². The zero-order chi connectivity index (χ0) is 42.1. The first-order valence-corrected chi connectivity index (χ1v) is 19.9. The van der Waals surface area contributed by atoms with Gasteiger partial charge in [-0.1, -0.05) is 96.8 Å². The third-order valence-electron chi connectivity index (χ3n) is 11.6. The highest BCUT2D eigenvalue weighted by Crippen LogP contribution is 2.64. The third kappa shape index (κ3) is 6.99. The van der Waals surface area contributed by atoms with E-state index in [0.29, 0.717) is 34.0 Å². The molecule has 0 bridgehead atoms. The molecule has 3 aliphatic heterocycles. The van der Waals surface area contributed by atoms with Gasteiger partial charge < -0.3 is 41.2 Å². The number of hydrogen-bond acceptors (Lipinski definition) is 9. The quantitative estimate of drug-likeness (QED) is 0.0849. The number of urea groups is 1. The molecule has 0 unspecified atom stereocenters. The molecule has 2 fully saturated rings. The van der Waals surface area contributed by atoms with E-state index >= 15 is 14.4 Å². The van der Waals surface area contributed by atoms with Crippen LogP contribution >= 0.6 is 0 Å². The number of carbonyl (C=O) groups is 4. The van der Waals surface area contributed by atoms with Gasteiger partial charge in [-0.3, -0.25) is 19.3 Å². The zero-order valence-electron chi connectivity index (χ0n) is 32.7. The number of ether oxygens (including phenoxy) is 2. The molecule has 2 saturated heterocycles. The Balaban J connectivity index is 1.27. The second-order valence-corrected chi connectivity index (χ2v) is 15.1. The zero-order valence-corrected chi connectivity index (χ0v) is 32.7. The number of nitrogens with one attached hydrogen (secondary N) is 4. The normalized spacial score (nSPS) is 22.7. The lowest BCUT2D eigenvalue weighted by molar-refractivity contribution is -0.178. The number of nitrogens with zero attached hydrogens (tertiary/aromatic N) is 2. The number of amides is 4. The van der Waals surface area contributed by atoms with Crippen molar-refractivity contribution in [1.82, 2.24) is 25.5 Å². The van der Waals surface area contributed by atoms with Gasteiger partial charge in [0.1, 0.15) is 35.7 Å². The number of fused-ring (bicyclic) bond motifs is 4. The van der Waals surface area contributed by atoms with Crippen molar-refractivity contribution in [3.63, 3.8) is 0 Å². The van der Waals surface area contributed by atoms with Crippen LogP contribution in [0.15, 0.2) is 127 Å². The van der Waals surface area contributed by atoms with E-state index in [0.717, 1.165) is 22.2 Å². The average Bonchev–Trinajstić information content (AvgIpc) is 3.94. The molecule has 6 aromatic rings. The predicted molar refractivity (Wildman–Crippen MR) is 224 cm³/mol. The summed E-state index contributed by atoms with van der Waals surface area (Å²) in [7, 11) is 0. The van der Waals surface area contributed by atoms with Gasteiger partial charge in [0.15, 0.2) is 0 Å². The fourth-order valence-corrected chi connectivity index (χ4v) is 9.23. The summed E-state index contributed by atoms with van der Waals surface area (Å²) in [5, 5.41) is 18.1. The van der Waals surface area contributed by atoms with E-state index < -0.39 is 59.4 Å². The fraction of sp³-hybridized carbons (Fsp3) is 0.213. The van der Waals surface area contributed by atoms with Crippen molar-refractivity contribution >= 4 is 40.5 Å². The van der Waals surface area contributed by atoms with E-state index in [-0.39, 0.29) is 26.3 Å². The van der Waals surface area contributed by atoms with Gasteiger partial charge >= 0.3 is 12.0 Å². The molecule has 61 heavy (non-hydrogen) atoms. The van der Waals surface area contributed by atoms with Crippen LogP contribution in [0.2, 0.25) is 0 Å². The van der Waals surface area contributed by atoms with Gasteiger partial charge in [-0.25, -0.2) is 9.78 Å².